The van der Waals surface area contributed by atoms with Crippen molar-refractivity contribution in [1.82, 2.24) is 15.1 Å². The Bertz CT molecular complexity index is 344. The van der Waals surface area contributed by atoms with Crippen LogP contribution in [0.3, 0.4) is 0 Å². The highest BCUT2D eigenvalue weighted by Crippen LogP contribution is 2.26. The van der Waals surface area contributed by atoms with Gasteiger partial charge in [0.05, 0.1) is 6.04 Å². The van der Waals surface area contributed by atoms with Gasteiger partial charge in [0.25, 0.3) is 0 Å². The molecule has 3 fully saturated rings. The second-order valence-electron chi connectivity index (χ2n) is 6.81. The van der Waals surface area contributed by atoms with Crippen molar-refractivity contribution < 1.29 is 4.79 Å². The minimum Gasteiger partial charge on any atom is -0.341 e. The van der Waals surface area contributed by atoms with Gasteiger partial charge in [0.2, 0.25) is 5.91 Å². The molecule has 3 aliphatic rings. The van der Waals surface area contributed by atoms with Gasteiger partial charge in [0.1, 0.15) is 0 Å². The van der Waals surface area contributed by atoms with Crippen molar-refractivity contribution >= 4 is 18.3 Å². The first kappa shape index (κ1) is 17.0. The fourth-order valence-electron chi connectivity index (χ4n) is 4.14. The number of hydrogen-bond donors (Lipinski definition) is 1. The van der Waals surface area contributed by atoms with E-state index in [1.54, 1.807) is 0 Å². The molecule has 0 aromatic carbocycles. The lowest BCUT2D eigenvalue weighted by molar-refractivity contribution is -0.137. The number of carbonyl (C=O) groups is 1. The highest BCUT2D eigenvalue weighted by Gasteiger charge is 2.36. The largest absolute Gasteiger partial charge is 0.341 e. The van der Waals surface area contributed by atoms with E-state index in [0.717, 1.165) is 38.6 Å². The second kappa shape index (κ2) is 7.80. The first-order valence-electron chi connectivity index (χ1n) is 8.52. The lowest BCUT2D eigenvalue weighted by Gasteiger charge is -2.39. The number of likely N-dealkylation sites (tertiary alicyclic amines) is 2. The molecule has 21 heavy (non-hydrogen) atoms. The molecular weight excluding hydrogens is 286 g/mol. The minimum atomic E-state index is 0. The first-order valence-corrected chi connectivity index (χ1v) is 8.52. The van der Waals surface area contributed by atoms with Crippen LogP contribution in [0.25, 0.3) is 0 Å². The van der Waals surface area contributed by atoms with Gasteiger partial charge in [0.15, 0.2) is 0 Å². The summed E-state index contributed by atoms with van der Waals surface area (Å²) < 4.78 is 0. The van der Waals surface area contributed by atoms with Gasteiger partial charge in [-0.3, -0.25) is 9.69 Å². The molecule has 3 rings (SSSR count). The topological polar surface area (TPSA) is 35.6 Å². The SMILES string of the molecule is CC(C(=O)N1CCCCCC1)N1CCC2NCCC2C1.Cl. The van der Waals surface area contributed by atoms with Gasteiger partial charge in [-0.25, -0.2) is 0 Å². The Hall–Kier alpha value is -0.320. The molecule has 122 valence electrons. The summed E-state index contributed by atoms with van der Waals surface area (Å²) in [6, 6.07) is 0.793. The quantitative estimate of drug-likeness (QED) is 0.845. The molecule has 5 heteroatoms. The number of hydrogen-bond acceptors (Lipinski definition) is 3. The second-order valence-corrected chi connectivity index (χ2v) is 6.81. The van der Waals surface area contributed by atoms with Gasteiger partial charge in [0, 0.05) is 32.2 Å². The molecule has 0 radical (unpaired) electrons. The van der Waals surface area contributed by atoms with Crippen LogP contribution >= 0.6 is 12.4 Å². The van der Waals surface area contributed by atoms with Crippen LogP contribution < -0.4 is 5.32 Å². The van der Waals surface area contributed by atoms with Crippen molar-refractivity contribution in [3.05, 3.63) is 0 Å². The summed E-state index contributed by atoms with van der Waals surface area (Å²) in [5.41, 5.74) is 0. The Morgan fingerprint density at radius 1 is 1.10 bits per heavy atom. The minimum absolute atomic E-state index is 0. The molecule has 1 amide bonds. The normalized spacial score (nSPS) is 32.0. The van der Waals surface area contributed by atoms with Crippen molar-refractivity contribution in [2.75, 3.05) is 32.7 Å². The molecule has 3 heterocycles. The highest BCUT2D eigenvalue weighted by atomic mass is 35.5. The molecule has 0 aromatic rings. The lowest BCUT2D eigenvalue weighted by atomic mass is 9.92. The Balaban J connectivity index is 0.00000161. The van der Waals surface area contributed by atoms with Crippen molar-refractivity contribution in [2.45, 2.75) is 57.5 Å². The Kier molecular flexibility index (Phi) is 6.33. The van der Waals surface area contributed by atoms with Gasteiger partial charge >= 0.3 is 0 Å². The van der Waals surface area contributed by atoms with E-state index in [1.165, 1.54) is 38.5 Å². The molecular formula is C16H30ClN3O. The van der Waals surface area contributed by atoms with Gasteiger partial charge in [-0.1, -0.05) is 12.8 Å². The van der Waals surface area contributed by atoms with Crippen LogP contribution in [0.4, 0.5) is 0 Å². The van der Waals surface area contributed by atoms with E-state index >= 15 is 0 Å². The van der Waals surface area contributed by atoms with Crippen molar-refractivity contribution in [1.29, 1.82) is 0 Å². The number of nitrogens with zero attached hydrogens (tertiary/aromatic N) is 2. The summed E-state index contributed by atoms with van der Waals surface area (Å²) in [7, 11) is 0. The standard InChI is InChI=1S/C16H29N3O.ClH/c1-13(16(20)18-9-4-2-3-5-10-18)19-11-7-15-14(12-19)6-8-17-15;/h13-15,17H,2-12H2,1H3;1H. The summed E-state index contributed by atoms with van der Waals surface area (Å²) >= 11 is 0. The van der Waals surface area contributed by atoms with E-state index in [4.69, 9.17) is 0 Å². The summed E-state index contributed by atoms with van der Waals surface area (Å²) in [5.74, 6) is 1.14. The van der Waals surface area contributed by atoms with Gasteiger partial charge in [-0.15, -0.1) is 12.4 Å². The monoisotopic (exact) mass is 315 g/mol. The number of amides is 1. The van der Waals surface area contributed by atoms with Crippen LogP contribution in [0, 0.1) is 5.92 Å². The third-order valence-corrected chi connectivity index (χ3v) is 5.51. The van der Waals surface area contributed by atoms with Crippen molar-refractivity contribution in [2.24, 2.45) is 5.92 Å². The van der Waals surface area contributed by atoms with Crippen LogP contribution in [0.15, 0.2) is 0 Å². The van der Waals surface area contributed by atoms with Crippen LogP contribution in [0.2, 0.25) is 0 Å². The molecule has 0 aromatic heterocycles. The van der Waals surface area contributed by atoms with Crippen LogP contribution in [-0.4, -0.2) is 60.5 Å². The van der Waals surface area contributed by atoms with E-state index in [9.17, 15) is 4.79 Å². The molecule has 0 saturated carbocycles. The zero-order chi connectivity index (χ0) is 13.9. The summed E-state index contributed by atoms with van der Waals surface area (Å²) in [6.45, 7) is 7.43. The number of fused-ring (bicyclic) bond motifs is 1. The third-order valence-electron chi connectivity index (χ3n) is 5.51. The summed E-state index contributed by atoms with van der Waals surface area (Å²) in [5, 5.41) is 3.60. The average Bonchev–Trinajstić information content (AvgIpc) is 2.77. The molecule has 1 N–H and O–H groups in total. The molecule has 0 spiro atoms. The van der Waals surface area contributed by atoms with Gasteiger partial charge in [-0.2, -0.15) is 0 Å². The number of halogens is 1. The van der Waals surface area contributed by atoms with Crippen molar-refractivity contribution in [3.63, 3.8) is 0 Å². The van der Waals surface area contributed by atoms with Crippen LogP contribution in [-0.2, 0) is 4.79 Å². The smallest absolute Gasteiger partial charge is 0.239 e. The molecule has 3 saturated heterocycles. The molecule has 4 nitrogen and oxygen atoms in total. The van der Waals surface area contributed by atoms with Crippen molar-refractivity contribution in [3.8, 4) is 0 Å². The molecule has 3 unspecified atom stereocenters. The third kappa shape index (κ3) is 3.91. The predicted octanol–water partition coefficient (Wildman–Crippen LogP) is 1.88. The van der Waals surface area contributed by atoms with Crippen LogP contribution in [0.5, 0.6) is 0 Å². The van der Waals surface area contributed by atoms with E-state index in [2.05, 4.69) is 22.0 Å². The Labute approximate surface area is 135 Å². The first-order chi connectivity index (χ1) is 9.75. The number of carbonyl (C=O) groups excluding carboxylic acids is 1. The lowest BCUT2D eigenvalue weighted by Crippen LogP contribution is -2.53. The number of rotatable bonds is 2. The summed E-state index contributed by atoms with van der Waals surface area (Å²) in [4.78, 5) is 17.3. The Morgan fingerprint density at radius 3 is 2.52 bits per heavy atom. The molecule has 0 bridgehead atoms. The molecule has 0 aliphatic carbocycles. The fourth-order valence-corrected chi connectivity index (χ4v) is 4.14. The summed E-state index contributed by atoms with van der Waals surface area (Å²) in [6.07, 6.45) is 7.45. The fraction of sp³-hybridized carbons (Fsp3) is 0.938. The van der Waals surface area contributed by atoms with E-state index in [0.29, 0.717) is 11.9 Å². The Morgan fingerprint density at radius 2 is 1.81 bits per heavy atom. The molecule has 3 atom stereocenters. The zero-order valence-electron chi connectivity index (χ0n) is 13.2. The van der Waals surface area contributed by atoms with Gasteiger partial charge < -0.3 is 10.2 Å². The maximum atomic E-state index is 12.7. The van der Waals surface area contributed by atoms with Crippen LogP contribution in [0.1, 0.15) is 45.4 Å². The van der Waals surface area contributed by atoms with E-state index < -0.39 is 0 Å². The predicted molar refractivity (Wildman–Crippen MR) is 87.8 cm³/mol. The number of nitrogens with one attached hydrogen (secondary N) is 1. The zero-order valence-corrected chi connectivity index (χ0v) is 14.0. The van der Waals surface area contributed by atoms with Gasteiger partial charge in [-0.05, 0) is 45.1 Å². The van der Waals surface area contributed by atoms with E-state index in [-0.39, 0.29) is 18.4 Å². The maximum Gasteiger partial charge on any atom is 0.239 e. The highest BCUT2D eigenvalue weighted by molar-refractivity contribution is 5.85. The number of piperidine rings is 1. The average molecular weight is 316 g/mol. The van der Waals surface area contributed by atoms with E-state index in [1.807, 2.05) is 0 Å². The molecule has 3 aliphatic heterocycles. The maximum absolute atomic E-state index is 12.7.